The van der Waals surface area contributed by atoms with Crippen molar-refractivity contribution in [3.8, 4) is 0 Å². The lowest BCUT2D eigenvalue weighted by Crippen LogP contribution is -2.41. The lowest BCUT2D eigenvalue weighted by Gasteiger charge is -2.31. The first kappa shape index (κ1) is 15.3. The Morgan fingerprint density at radius 2 is 2.09 bits per heavy atom. The molecule has 1 atom stereocenters. The van der Waals surface area contributed by atoms with Gasteiger partial charge in [-0.25, -0.2) is 4.98 Å². The van der Waals surface area contributed by atoms with Crippen LogP contribution in [0.2, 0.25) is 0 Å². The van der Waals surface area contributed by atoms with Crippen molar-refractivity contribution in [2.45, 2.75) is 38.6 Å². The Morgan fingerprint density at radius 3 is 2.64 bits per heavy atom. The molecule has 0 radical (unpaired) electrons. The fourth-order valence-electron chi connectivity index (χ4n) is 3.06. The molecule has 5 nitrogen and oxygen atoms in total. The standard InChI is InChI=1S/C17H26N4O/c1-12-6-8-21(9-7-12)16-5-4-14(11-19-16)17(22)20-15(10-18)13-2-3-13/h4-5,11-13,15H,2-3,6-10,18H2,1H3,(H,20,22). The summed E-state index contributed by atoms with van der Waals surface area (Å²) >= 11 is 0. The van der Waals surface area contributed by atoms with Gasteiger partial charge in [-0.1, -0.05) is 6.92 Å². The molecular formula is C17H26N4O. The first-order chi connectivity index (χ1) is 10.7. The van der Waals surface area contributed by atoms with E-state index in [2.05, 4.69) is 22.1 Å². The molecule has 0 spiro atoms. The molecule has 22 heavy (non-hydrogen) atoms. The van der Waals surface area contributed by atoms with Crippen LogP contribution in [0, 0.1) is 11.8 Å². The Labute approximate surface area is 132 Å². The maximum Gasteiger partial charge on any atom is 0.253 e. The second-order valence-corrected chi connectivity index (χ2v) is 6.73. The maximum atomic E-state index is 12.3. The first-order valence-corrected chi connectivity index (χ1v) is 8.39. The fraction of sp³-hybridized carbons (Fsp3) is 0.647. The monoisotopic (exact) mass is 302 g/mol. The van der Waals surface area contributed by atoms with Crippen molar-refractivity contribution in [3.63, 3.8) is 0 Å². The number of nitrogens with one attached hydrogen (secondary N) is 1. The molecule has 1 aliphatic heterocycles. The van der Waals surface area contributed by atoms with Gasteiger partial charge in [0.1, 0.15) is 5.82 Å². The largest absolute Gasteiger partial charge is 0.357 e. The molecule has 1 aromatic heterocycles. The molecule has 2 heterocycles. The number of aromatic nitrogens is 1. The molecule has 1 aromatic rings. The number of carbonyl (C=O) groups excluding carboxylic acids is 1. The molecule has 5 heteroatoms. The molecule has 1 unspecified atom stereocenters. The van der Waals surface area contributed by atoms with Gasteiger partial charge in [0.25, 0.3) is 5.91 Å². The van der Waals surface area contributed by atoms with Crippen LogP contribution in [0.1, 0.15) is 43.0 Å². The number of amides is 1. The van der Waals surface area contributed by atoms with Crippen LogP contribution in [0.4, 0.5) is 5.82 Å². The highest BCUT2D eigenvalue weighted by Gasteiger charge is 2.31. The van der Waals surface area contributed by atoms with E-state index in [0.29, 0.717) is 18.0 Å². The van der Waals surface area contributed by atoms with Gasteiger partial charge in [0.15, 0.2) is 0 Å². The molecule has 1 aliphatic carbocycles. The zero-order valence-corrected chi connectivity index (χ0v) is 13.3. The lowest BCUT2D eigenvalue weighted by atomic mass is 9.99. The third kappa shape index (κ3) is 3.58. The zero-order chi connectivity index (χ0) is 15.5. The predicted molar refractivity (Wildman–Crippen MR) is 87.9 cm³/mol. The summed E-state index contributed by atoms with van der Waals surface area (Å²) in [5.41, 5.74) is 6.35. The van der Waals surface area contributed by atoms with Gasteiger partial charge in [0, 0.05) is 31.9 Å². The molecule has 3 rings (SSSR count). The minimum Gasteiger partial charge on any atom is -0.357 e. The van der Waals surface area contributed by atoms with E-state index in [0.717, 1.165) is 24.8 Å². The summed E-state index contributed by atoms with van der Waals surface area (Å²) in [5, 5.41) is 3.03. The van der Waals surface area contributed by atoms with Gasteiger partial charge in [0.05, 0.1) is 5.56 Å². The van der Waals surface area contributed by atoms with Crippen molar-refractivity contribution in [1.29, 1.82) is 0 Å². The van der Waals surface area contributed by atoms with Crippen LogP contribution in [-0.2, 0) is 0 Å². The van der Waals surface area contributed by atoms with Crippen molar-refractivity contribution in [2.24, 2.45) is 17.6 Å². The van der Waals surface area contributed by atoms with Gasteiger partial charge in [-0.15, -0.1) is 0 Å². The van der Waals surface area contributed by atoms with Crippen LogP contribution in [0.3, 0.4) is 0 Å². The van der Waals surface area contributed by atoms with Crippen molar-refractivity contribution in [2.75, 3.05) is 24.5 Å². The molecule has 1 saturated heterocycles. The summed E-state index contributed by atoms with van der Waals surface area (Å²) in [7, 11) is 0. The Bertz CT molecular complexity index is 504. The number of pyridine rings is 1. The number of anilines is 1. The van der Waals surface area contributed by atoms with Crippen LogP contribution in [0.25, 0.3) is 0 Å². The summed E-state index contributed by atoms with van der Waals surface area (Å²) in [5.74, 6) is 2.28. The predicted octanol–water partition coefficient (Wildman–Crippen LogP) is 1.79. The van der Waals surface area contributed by atoms with E-state index in [-0.39, 0.29) is 11.9 Å². The molecule has 0 aromatic carbocycles. The Kier molecular flexibility index (Phi) is 4.62. The Morgan fingerprint density at radius 1 is 1.36 bits per heavy atom. The molecule has 1 saturated carbocycles. The van der Waals surface area contributed by atoms with E-state index in [4.69, 9.17) is 5.73 Å². The number of piperidine rings is 1. The van der Waals surface area contributed by atoms with Crippen molar-refractivity contribution >= 4 is 11.7 Å². The van der Waals surface area contributed by atoms with Crippen LogP contribution < -0.4 is 16.0 Å². The number of hydrogen-bond donors (Lipinski definition) is 2. The lowest BCUT2D eigenvalue weighted by molar-refractivity contribution is 0.0933. The van der Waals surface area contributed by atoms with Gasteiger partial charge in [-0.2, -0.15) is 0 Å². The van der Waals surface area contributed by atoms with Crippen LogP contribution in [0.5, 0.6) is 0 Å². The number of nitrogens with zero attached hydrogens (tertiary/aromatic N) is 2. The molecule has 120 valence electrons. The highest BCUT2D eigenvalue weighted by atomic mass is 16.1. The average molecular weight is 302 g/mol. The smallest absolute Gasteiger partial charge is 0.253 e. The third-order valence-electron chi connectivity index (χ3n) is 4.88. The summed E-state index contributed by atoms with van der Waals surface area (Å²) in [4.78, 5) is 19.0. The van der Waals surface area contributed by atoms with E-state index in [1.54, 1.807) is 6.20 Å². The third-order valence-corrected chi connectivity index (χ3v) is 4.88. The average Bonchev–Trinajstić information content (AvgIpc) is 3.38. The van der Waals surface area contributed by atoms with Gasteiger partial charge >= 0.3 is 0 Å². The minimum absolute atomic E-state index is 0.0614. The van der Waals surface area contributed by atoms with Gasteiger partial charge < -0.3 is 16.0 Å². The van der Waals surface area contributed by atoms with Crippen molar-refractivity contribution in [1.82, 2.24) is 10.3 Å². The second kappa shape index (κ2) is 6.65. The number of rotatable bonds is 5. The Balaban J connectivity index is 1.59. The van der Waals surface area contributed by atoms with Crippen LogP contribution in [-0.4, -0.2) is 36.6 Å². The summed E-state index contributed by atoms with van der Waals surface area (Å²) in [6, 6.07) is 3.94. The van der Waals surface area contributed by atoms with Crippen LogP contribution in [0.15, 0.2) is 18.3 Å². The highest BCUT2D eigenvalue weighted by molar-refractivity contribution is 5.94. The SMILES string of the molecule is CC1CCN(c2ccc(C(=O)NC(CN)C3CC3)cn2)CC1. The molecule has 0 bridgehead atoms. The van der Waals surface area contributed by atoms with Gasteiger partial charge in [0.2, 0.25) is 0 Å². The topological polar surface area (TPSA) is 71.2 Å². The van der Waals surface area contributed by atoms with Crippen LogP contribution >= 0.6 is 0 Å². The molecule has 3 N–H and O–H groups in total. The van der Waals surface area contributed by atoms with E-state index in [1.165, 1.54) is 25.7 Å². The number of nitrogens with two attached hydrogens (primary N) is 1. The molecular weight excluding hydrogens is 276 g/mol. The highest BCUT2D eigenvalue weighted by Crippen LogP contribution is 2.32. The van der Waals surface area contributed by atoms with E-state index >= 15 is 0 Å². The quantitative estimate of drug-likeness (QED) is 0.870. The van der Waals surface area contributed by atoms with E-state index in [1.807, 2.05) is 12.1 Å². The van der Waals surface area contributed by atoms with Crippen molar-refractivity contribution < 1.29 is 4.79 Å². The second-order valence-electron chi connectivity index (χ2n) is 6.73. The van der Waals surface area contributed by atoms with Crippen molar-refractivity contribution in [3.05, 3.63) is 23.9 Å². The summed E-state index contributed by atoms with van der Waals surface area (Å²) in [6.45, 7) is 4.91. The maximum absolute atomic E-state index is 12.3. The first-order valence-electron chi connectivity index (χ1n) is 8.39. The normalized spacial score (nSPS) is 20.7. The fourth-order valence-corrected chi connectivity index (χ4v) is 3.06. The zero-order valence-electron chi connectivity index (χ0n) is 13.3. The number of hydrogen-bond acceptors (Lipinski definition) is 4. The van der Waals surface area contributed by atoms with Gasteiger partial charge in [-0.3, -0.25) is 4.79 Å². The minimum atomic E-state index is -0.0614. The molecule has 2 aliphatic rings. The summed E-state index contributed by atoms with van der Waals surface area (Å²) in [6.07, 6.45) is 6.45. The van der Waals surface area contributed by atoms with E-state index < -0.39 is 0 Å². The van der Waals surface area contributed by atoms with Gasteiger partial charge in [-0.05, 0) is 49.7 Å². The molecule has 1 amide bonds. The Hall–Kier alpha value is -1.62. The molecule has 2 fully saturated rings. The number of carbonyl (C=O) groups is 1. The summed E-state index contributed by atoms with van der Waals surface area (Å²) < 4.78 is 0. The van der Waals surface area contributed by atoms with E-state index in [9.17, 15) is 4.79 Å².